The average molecular weight is 477 g/mol. The Morgan fingerprint density at radius 1 is 1.18 bits per heavy atom. The van der Waals surface area contributed by atoms with Crippen molar-refractivity contribution in [2.24, 2.45) is 0 Å². The van der Waals surface area contributed by atoms with Gasteiger partial charge in [0, 0.05) is 6.92 Å². The minimum Gasteiger partial charge on any atom is -0.461 e. The summed E-state index contributed by atoms with van der Waals surface area (Å²) in [4.78, 5) is 39.9. The van der Waals surface area contributed by atoms with E-state index in [2.05, 4.69) is 10.1 Å². The third kappa shape index (κ3) is 4.79. The van der Waals surface area contributed by atoms with E-state index in [0.717, 1.165) is 6.92 Å². The fourth-order valence-corrected chi connectivity index (χ4v) is 3.45. The van der Waals surface area contributed by atoms with Gasteiger partial charge in [0.1, 0.15) is 30.6 Å². The normalized spacial score (nSPS) is 23.6. The zero-order valence-electron chi connectivity index (χ0n) is 18.6. The van der Waals surface area contributed by atoms with Gasteiger partial charge in [0.2, 0.25) is 5.60 Å². The fraction of sp³-hybridized carbons (Fsp3) is 0.500. The lowest BCUT2D eigenvalue weighted by molar-refractivity contribution is -0.153. The maximum atomic E-state index is 12.3. The Labute approximate surface area is 193 Å². The number of nitriles is 1. The molecule has 3 rings (SSSR count). The number of carbonyl (C=O) groups excluding carboxylic acids is 3. The van der Waals surface area contributed by atoms with Crippen molar-refractivity contribution < 1.29 is 42.8 Å². The van der Waals surface area contributed by atoms with Gasteiger partial charge >= 0.3 is 18.3 Å². The number of nitrogen functional groups attached to an aromatic ring is 1. The van der Waals surface area contributed by atoms with Gasteiger partial charge in [-0.2, -0.15) is 10.4 Å². The Balaban J connectivity index is 2.12. The number of aromatic nitrogens is 3. The van der Waals surface area contributed by atoms with E-state index in [1.807, 2.05) is 6.07 Å². The van der Waals surface area contributed by atoms with E-state index >= 15 is 0 Å². The molecule has 182 valence electrons. The van der Waals surface area contributed by atoms with Crippen molar-refractivity contribution in [1.29, 1.82) is 5.26 Å². The van der Waals surface area contributed by atoms with Crippen LogP contribution in [0.4, 0.5) is 15.4 Å². The summed E-state index contributed by atoms with van der Waals surface area (Å²) < 4.78 is 32.9. The van der Waals surface area contributed by atoms with Crippen molar-refractivity contribution in [3.63, 3.8) is 0 Å². The quantitative estimate of drug-likeness (QED) is 0.444. The minimum absolute atomic E-state index is 0.00483. The van der Waals surface area contributed by atoms with Crippen molar-refractivity contribution in [2.75, 3.05) is 25.6 Å². The molecule has 34 heavy (non-hydrogen) atoms. The summed E-state index contributed by atoms with van der Waals surface area (Å²) in [5, 5.41) is 14.2. The monoisotopic (exact) mass is 477 g/mol. The highest BCUT2D eigenvalue weighted by molar-refractivity contribution is 5.67. The van der Waals surface area contributed by atoms with E-state index in [9.17, 15) is 19.6 Å². The summed E-state index contributed by atoms with van der Waals surface area (Å²) in [6.07, 6.45) is -5.28. The predicted octanol–water partition coefficient (Wildman–Crippen LogP) is 1.29. The number of hydrogen-bond acceptors (Lipinski definition) is 13. The lowest BCUT2D eigenvalue weighted by Crippen LogP contribution is -2.49. The molecular weight excluding hydrogens is 454 g/mol. The van der Waals surface area contributed by atoms with Gasteiger partial charge in [-0.15, -0.1) is 0 Å². The van der Waals surface area contributed by atoms with Gasteiger partial charge in [-0.05, 0) is 26.0 Å². The number of anilines is 1. The van der Waals surface area contributed by atoms with Crippen LogP contribution in [0.3, 0.4) is 0 Å². The molecule has 14 nitrogen and oxygen atoms in total. The molecule has 14 heteroatoms. The standard InChI is InChI=1S/C20H23N5O9/c1-4-29-18(27)32-15-14(12-6-7-13-17(22)23-10-24-25(12)13)34-20(8-21,9-31-11(3)26)16(15)33-19(28)30-5-2/h6-7,10,14-16H,4-5,9H2,1-3H3,(H2,22,23,24)/t14-,15-,16-,20+/m0/s1. The third-order valence-corrected chi connectivity index (χ3v) is 4.86. The Hall–Kier alpha value is -4.12. The lowest BCUT2D eigenvalue weighted by Gasteiger charge is -2.27. The molecule has 0 unspecified atom stereocenters. The summed E-state index contributed by atoms with van der Waals surface area (Å²) in [5.41, 5.74) is 4.53. The fourth-order valence-electron chi connectivity index (χ4n) is 3.45. The van der Waals surface area contributed by atoms with Crippen LogP contribution in [-0.2, 0) is 33.2 Å². The molecule has 3 heterocycles. The Morgan fingerprint density at radius 2 is 1.85 bits per heavy atom. The van der Waals surface area contributed by atoms with Gasteiger partial charge in [0.25, 0.3) is 0 Å². The summed E-state index contributed by atoms with van der Waals surface area (Å²) >= 11 is 0. The first-order valence-corrected chi connectivity index (χ1v) is 10.2. The number of carbonyl (C=O) groups is 3. The van der Waals surface area contributed by atoms with Crippen LogP contribution in [-0.4, -0.2) is 70.5 Å². The first-order valence-electron chi connectivity index (χ1n) is 10.2. The number of rotatable bonds is 7. The van der Waals surface area contributed by atoms with Crippen LogP contribution in [0, 0.1) is 11.3 Å². The highest BCUT2D eigenvalue weighted by Gasteiger charge is 2.62. The Kier molecular flexibility index (Phi) is 7.37. The second-order valence-corrected chi connectivity index (χ2v) is 7.01. The van der Waals surface area contributed by atoms with Crippen molar-refractivity contribution in [2.45, 2.75) is 44.7 Å². The lowest BCUT2D eigenvalue weighted by atomic mass is 9.95. The highest BCUT2D eigenvalue weighted by Crippen LogP contribution is 2.44. The second kappa shape index (κ2) is 10.2. The van der Waals surface area contributed by atoms with Crippen LogP contribution in [0.15, 0.2) is 18.5 Å². The molecule has 4 atom stereocenters. The van der Waals surface area contributed by atoms with Crippen LogP contribution in [0.25, 0.3) is 5.52 Å². The number of hydrogen-bond donors (Lipinski definition) is 1. The Bertz CT molecular complexity index is 1110. The zero-order chi connectivity index (χ0) is 24.9. The minimum atomic E-state index is -2.07. The maximum absolute atomic E-state index is 12.3. The molecule has 1 aliphatic rings. The van der Waals surface area contributed by atoms with Crippen molar-refractivity contribution in [1.82, 2.24) is 14.6 Å². The van der Waals surface area contributed by atoms with Gasteiger partial charge in [-0.3, -0.25) is 4.79 Å². The summed E-state index contributed by atoms with van der Waals surface area (Å²) in [7, 11) is 0. The number of ether oxygens (including phenoxy) is 6. The van der Waals surface area contributed by atoms with Gasteiger partial charge in [0.15, 0.2) is 18.0 Å². The van der Waals surface area contributed by atoms with Crippen LogP contribution in [0.5, 0.6) is 0 Å². The van der Waals surface area contributed by atoms with Crippen molar-refractivity contribution >= 4 is 29.6 Å². The number of fused-ring (bicyclic) bond motifs is 1. The van der Waals surface area contributed by atoms with E-state index < -0.39 is 48.8 Å². The third-order valence-electron chi connectivity index (χ3n) is 4.86. The summed E-state index contributed by atoms with van der Waals surface area (Å²) in [5.74, 6) is -0.555. The highest BCUT2D eigenvalue weighted by atomic mass is 16.8. The maximum Gasteiger partial charge on any atom is 0.508 e. The van der Waals surface area contributed by atoms with Gasteiger partial charge in [-0.1, -0.05) is 0 Å². The van der Waals surface area contributed by atoms with Gasteiger partial charge in [0.05, 0.1) is 18.9 Å². The topological polar surface area (TPSA) is 187 Å². The van der Waals surface area contributed by atoms with E-state index in [4.69, 9.17) is 34.2 Å². The number of esters is 1. The first kappa shape index (κ1) is 24.5. The van der Waals surface area contributed by atoms with Gasteiger partial charge in [-0.25, -0.2) is 19.1 Å². The zero-order valence-corrected chi connectivity index (χ0v) is 18.6. The van der Waals surface area contributed by atoms with E-state index in [-0.39, 0.29) is 24.7 Å². The summed E-state index contributed by atoms with van der Waals surface area (Å²) in [6, 6.07) is 5.04. The average Bonchev–Trinajstić information content (AvgIpc) is 3.34. The molecule has 1 aliphatic heterocycles. The van der Waals surface area contributed by atoms with E-state index in [1.54, 1.807) is 26.0 Å². The largest absolute Gasteiger partial charge is 0.508 e. The first-order chi connectivity index (χ1) is 16.3. The number of nitrogens with two attached hydrogens (primary N) is 1. The van der Waals surface area contributed by atoms with Crippen LogP contribution in [0.1, 0.15) is 32.6 Å². The molecule has 0 bridgehead atoms. The van der Waals surface area contributed by atoms with Crippen molar-refractivity contribution in [3.05, 3.63) is 24.2 Å². The molecule has 0 radical (unpaired) electrons. The molecule has 0 saturated carbocycles. The second-order valence-electron chi connectivity index (χ2n) is 7.01. The molecule has 0 spiro atoms. The number of nitrogens with zero attached hydrogens (tertiary/aromatic N) is 4. The molecule has 0 amide bonds. The Morgan fingerprint density at radius 3 is 2.47 bits per heavy atom. The SMILES string of the molecule is CCOC(=O)O[C@H]1[C@H](c2ccc3c(N)ncnn23)O[C@](C#N)(COC(C)=O)[C@H]1OC(=O)OCC. The van der Waals surface area contributed by atoms with Gasteiger partial charge < -0.3 is 34.2 Å². The molecular formula is C20H23N5O9. The molecule has 2 aromatic rings. The molecule has 0 aromatic carbocycles. The molecule has 2 aromatic heterocycles. The van der Waals surface area contributed by atoms with Crippen LogP contribution >= 0.6 is 0 Å². The molecule has 1 saturated heterocycles. The predicted molar refractivity (Wildman–Crippen MR) is 110 cm³/mol. The summed E-state index contributed by atoms with van der Waals surface area (Å²) in [6.45, 7) is 3.58. The molecule has 1 fully saturated rings. The molecule has 0 aliphatic carbocycles. The van der Waals surface area contributed by atoms with E-state index in [0.29, 0.717) is 5.52 Å². The van der Waals surface area contributed by atoms with E-state index in [1.165, 1.54) is 10.8 Å². The van der Waals surface area contributed by atoms with Crippen LogP contribution in [0.2, 0.25) is 0 Å². The van der Waals surface area contributed by atoms with Crippen molar-refractivity contribution in [3.8, 4) is 6.07 Å². The molecule has 2 N–H and O–H groups in total. The van der Waals surface area contributed by atoms with Crippen LogP contribution < -0.4 is 5.73 Å². The smallest absolute Gasteiger partial charge is 0.461 e.